The fourth-order valence-corrected chi connectivity index (χ4v) is 1.16. The van der Waals surface area contributed by atoms with E-state index >= 15 is 0 Å². The first kappa shape index (κ1) is 11.9. The van der Waals surface area contributed by atoms with Crippen LogP contribution in [0.5, 0.6) is 0 Å². The molecule has 82 valence electrons. The Morgan fingerprint density at radius 3 is 2.73 bits per heavy atom. The summed E-state index contributed by atoms with van der Waals surface area (Å²) < 4.78 is 0. The zero-order chi connectivity index (χ0) is 11.5. The molecular formula is C10H14ClN3O. The maximum atomic E-state index is 10.8. The number of hydrogen-bond donors (Lipinski definition) is 1. The smallest absolute Gasteiger partial charge is 0.156 e. The van der Waals surface area contributed by atoms with Crippen molar-refractivity contribution in [3.8, 4) is 0 Å². The van der Waals surface area contributed by atoms with Gasteiger partial charge in [-0.05, 0) is 20.3 Å². The third kappa shape index (κ3) is 2.89. The summed E-state index contributed by atoms with van der Waals surface area (Å²) >= 11 is 5.78. The number of carbonyl (C=O) groups is 1. The van der Waals surface area contributed by atoms with Gasteiger partial charge in [0.2, 0.25) is 0 Å². The van der Waals surface area contributed by atoms with Gasteiger partial charge in [-0.2, -0.15) is 0 Å². The molecule has 4 nitrogen and oxygen atoms in total. The van der Waals surface area contributed by atoms with Gasteiger partial charge in [0.15, 0.2) is 6.29 Å². The Morgan fingerprint density at radius 2 is 2.20 bits per heavy atom. The Hall–Kier alpha value is -1.16. The molecule has 0 spiro atoms. The van der Waals surface area contributed by atoms with Crippen LogP contribution in [-0.2, 0) is 0 Å². The zero-order valence-corrected chi connectivity index (χ0v) is 9.80. The van der Waals surface area contributed by atoms with E-state index in [2.05, 4.69) is 22.2 Å². The summed E-state index contributed by atoms with van der Waals surface area (Å²) in [5.74, 6) is 0.483. The summed E-state index contributed by atoms with van der Waals surface area (Å²) in [6, 6.07) is 0. The van der Waals surface area contributed by atoms with E-state index < -0.39 is 0 Å². The van der Waals surface area contributed by atoms with E-state index in [0.717, 1.165) is 6.42 Å². The van der Waals surface area contributed by atoms with Gasteiger partial charge in [0.05, 0.1) is 5.56 Å². The monoisotopic (exact) mass is 227 g/mol. The summed E-state index contributed by atoms with van der Waals surface area (Å²) in [5, 5.41) is 3.34. The van der Waals surface area contributed by atoms with Gasteiger partial charge in [0, 0.05) is 5.54 Å². The Balaban J connectivity index is 3.04. The highest BCUT2D eigenvalue weighted by atomic mass is 35.5. The Bertz CT molecular complexity index is 366. The maximum Gasteiger partial charge on any atom is 0.156 e. The molecule has 0 aromatic carbocycles. The van der Waals surface area contributed by atoms with Gasteiger partial charge < -0.3 is 5.32 Å². The lowest BCUT2D eigenvalue weighted by molar-refractivity contribution is 0.112. The third-order valence-electron chi connectivity index (χ3n) is 2.29. The van der Waals surface area contributed by atoms with E-state index in [-0.39, 0.29) is 10.7 Å². The van der Waals surface area contributed by atoms with E-state index in [9.17, 15) is 4.79 Å². The first-order chi connectivity index (χ1) is 7.00. The average molecular weight is 228 g/mol. The summed E-state index contributed by atoms with van der Waals surface area (Å²) in [4.78, 5) is 18.6. The minimum absolute atomic E-state index is 0.130. The lowest BCUT2D eigenvalue weighted by Crippen LogP contribution is -2.30. The molecule has 5 heteroatoms. The highest BCUT2D eigenvalue weighted by Crippen LogP contribution is 2.22. The third-order valence-corrected chi connectivity index (χ3v) is 2.60. The predicted octanol–water partition coefficient (Wildman–Crippen LogP) is 2.54. The van der Waals surface area contributed by atoms with Crippen molar-refractivity contribution in [1.29, 1.82) is 0 Å². The molecule has 1 aromatic heterocycles. The minimum Gasteiger partial charge on any atom is -0.364 e. The number of aldehydes is 1. The van der Waals surface area contributed by atoms with Gasteiger partial charge in [-0.15, -0.1) is 0 Å². The van der Waals surface area contributed by atoms with Crippen LogP contribution < -0.4 is 5.32 Å². The highest BCUT2D eigenvalue weighted by molar-refractivity contribution is 6.32. The molecule has 15 heavy (non-hydrogen) atoms. The number of halogens is 1. The number of nitrogens with zero attached hydrogens (tertiary/aromatic N) is 2. The van der Waals surface area contributed by atoms with Crippen molar-refractivity contribution < 1.29 is 4.79 Å². The van der Waals surface area contributed by atoms with Crippen molar-refractivity contribution in [3.05, 3.63) is 17.0 Å². The SMILES string of the molecule is CCC(C)(C)Nc1ncnc(Cl)c1C=O. The Kier molecular flexibility index (Phi) is 3.63. The fourth-order valence-electron chi connectivity index (χ4n) is 0.987. The first-order valence-electron chi connectivity index (χ1n) is 4.74. The van der Waals surface area contributed by atoms with Crippen LogP contribution in [0.1, 0.15) is 37.6 Å². The van der Waals surface area contributed by atoms with Crippen molar-refractivity contribution >= 4 is 23.7 Å². The molecule has 0 aliphatic heterocycles. The van der Waals surface area contributed by atoms with Crippen LogP contribution in [0.25, 0.3) is 0 Å². The number of anilines is 1. The summed E-state index contributed by atoms with van der Waals surface area (Å²) in [5.41, 5.74) is 0.177. The summed E-state index contributed by atoms with van der Waals surface area (Å²) in [6.07, 6.45) is 2.91. The second-order valence-corrected chi connectivity index (χ2v) is 4.27. The van der Waals surface area contributed by atoms with E-state index in [0.29, 0.717) is 17.7 Å². The van der Waals surface area contributed by atoms with Crippen LogP contribution in [0.2, 0.25) is 5.15 Å². The van der Waals surface area contributed by atoms with Crippen LogP contribution >= 0.6 is 11.6 Å². The van der Waals surface area contributed by atoms with Crippen LogP contribution in [0, 0.1) is 0 Å². The number of nitrogens with one attached hydrogen (secondary N) is 1. The van der Waals surface area contributed by atoms with Crippen molar-refractivity contribution in [2.24, 2.45) is 0 Å². The quantitative estimate of drug-likeness (QED) is 0.635. The van der Waals surface area contributed by atoms with Crippen LogP contribution in [0.15, 0.2) is 6.33 Å². The second kappa shape index (κ2) is 4.57. The zero-order valence-electron chi connectivity index (χ0n) is 9.04. The molecule has 1 rings (SSSR count). The van der Waals surface area contributed by atoms with Crippen molar-refractivity contribution in [1.82, 2.24) is 9.97 Å². The standard InChI is InChI=1S/C10H14ClN3O/c1-4-10(2,3)14-9-7(5-15)8(11)12-6-13-9/h5-6H,4H2,1-3H3,(H,12,13,14). The van der Waals surface area contributed by atoms with Crippen molar-refractivity contribution in [3.63, 3.8) is 0 Å². The number of carbonyl (C=O) groups excluding carboxylic acids is 1. The van der Waals surface area contributed by atoms with Gasteiger partial charge >= 0.3 is 0 Å². The van der Waals surface area contributed by atoms with Crippen molar-refractivity contribution in [2.75, 3.05) is 5.32 Å². The topological polar surface area (TPSA) is 54.9 Å². The molecule has 1 aromatic rings. The second-order valence-electron chi connectivity index (χ2n) is 3.91. The van der Waals surface area contributed by atoms with Gasteiger partial charge in [0.25, 0.3) is 0 Å². The fraction of sp³-hybridized carbons (Fsp3) is 0.500. The molecular weight excluding hydrogens is 214 g/mol. The molecule has 1 heterocycles. The van der Waals surface area contributed by atoms with E-state index in [1.165, 1.54) is 6.33 Å². The number of hydrogen-bond acceptors (Lipinski definition) is 4. The molecule has 0 radical (unpaired) electrons. The molecule has 0 saturated heterocycles. The number of rotatable bonds is 4. The Labute approximate surface area is 94.1 Å². The number of aromatic nitrogens is 2. The van der Waals surface area contributed by atoms with Gasteiger partial charge in [-0.25, -0.2) is 9.97 Å². The molecule has 0 aliphatic rings. The lowest BCUT2D eigenvalue weighted by atomic mass is 10.0. The molecule has 0 bridgehead atoms. The molecule has 0 saturated carbocycles. The van der Waals surface area contributed by atoms with Gasteiger partial charge in [0.1, 0.15) is 17.3 Å². The normalized spacial score (nSPS) is 11.2. The Morgan fingerprint density at radius 1 is 1.53 bits per heavy atom. The lowest BCUT2D eigenvalue weighted by Gasteiger charge is -2.25. The van der Waals surface area contributed by atoms with Crippen LogP contribution in [0.3, 0.4) is 0 Å². The van der Waals surface area contributed by atoms with Gasteiger partial charge in [-0.1, -0.05) is 18.5 Å². The maximum absolute atomic E-state index is 10.8. The molecule has 0 fully saturated rings. The highest BCUT2D eigenvalue weighted by Gasteiger charge is 2.18. The molecule has 0 amide bonds. The molecule has 0 unspecified atom stereocenters. The largest absolute Gasteiger partial charge is 0.364 e. The summed E-state index contributed by atoms with van der Waals surface area (Å²) in [6.45, 7) is 6.10. The minimum atomic E-state index is -0.130. The van der Waals surface area contributed by atoms with E-state index in [1.54, 1.807) is 0 Å². The summed E-state index contributed by atoms with van der Waals surface area (Å²) in [7, 11) is 0. The van der Waals surface area contributed by atoms with Crippen LogP contribution in [-0.4, -0.2) is 21.8 Å². The van der Waals surface area contributed by atoms with Crippen LogP contribution in [0.4, 0.5) is 5.82 Å². The first-order valence-corrected chi connectivity index (χ1v) is 5.12. The average Bonchev–Trinajstić information content (AvgIpc) is 2.18. The van der Waals surface area contributed by atoms with E-state index in [4.69, 9.17) is 11.6 Å². The molecule has 1 N–H and O–H groups in total. The molecule has 0 aliphatic carbocycles. The van der Waals surface area contributed by atoms with Crippen molar-refractivity contribution in [2.45, 2.75) is 32.7 Å². The van der Waals surface area contributed by atoms with Gasteiger partial charge in [-0.3, -0.25) is 4.79 Å². The molecule has 0 atom stereocenters. The van der Waals surface area contributed by atoms with E-state index in [1.807, 2.05) is 13.8 Å². The predicted molar refractivity (Wildman–Crippen MR) is 60.4 cm³/mol.